The van der Waals surface area contributed by atoms with Crippen LogP contribution in [-0.4, -0.2) is 62.0 Å². The molecule has 2 N–H and O–H groups in total. The molecule has 0 bridgehead atoms. The van der Waals surface area contributed by atoms with Crippen LogP contribution >= 0.6 is 0 Å². The number of nitrogens with zero attached hydrogens (tertiary/aromatic N) is 6. The zero-order chi connectivity index (χ0) is 23.9. The van der Waals surface area contributed by atoms with E-state index in [1.54, 1.807) is 24.5 Å². The first kappa shape index (κ1) is 21.2. The highest BCUT2D eigenvalue weighted by Crippen LogP contribution is 2.28. The van der Waals surface area contributed by atoms with E-state index in [4.69, 9.17) is 14.7 Å². The molecule has 5 aromatic rings. The van der Waals surface area contributed by atoms with Crippen LogP contribution < -0.4 is 5.73 Å². The van der Waals surface area contributed by atoms with E-state index in [9.17, 15) is 4.79 Å². The molecule has 10 heteroatoms. The molecule has 176 valence electrons. The van der Waals surface area contributed by atoms with Gasteiger partial charge in [0.2, 0.25) is 0 Å². The maximum Gasteiger partial charge on any atom is 0.259 e. The molecule has 0 saturated carbocycles. The van der Waals surface area contributed by atoms with Gasteiger partial charge in [0.15, 0.2) is 5.76 Å². The third-order valence-electron chi connectivity index (χ3n) is 6.32. The quantitative estimate of drug-likeness (QED) is 0.422. The van der Waals surface area contributed by atoms with Gasteiger partial charge in [-0.05, 0) is 37.3 Å². The fraction of sp³-hybridized carbons (Fsp3) is 0.240. The standard InChI is InChI=1S/C25H23N7O3/c1-15-22-17(13-19(20-7-4-12-34-20)28-24(22)35-30-15)25(33)32-10-8-31(9-11-32)14-21-27-18-6-3-2-5-16(18)23(26)29-21/h2-7,12-13H,8-11,14H2,1H3,(H2,26,27,29). The molecular formula is C25H23N7O3. The zero-order valence-corrected chi connectivity index (χ0v) is 19.1. The maximum absolute atomic E-state index is 13.6. The van der Waals surface area contributed by atoms with E-state index in [0.717, 1.165) is 10.9 Å². The number of fused-ring (bicyclic) bond motifs is 2. The van der Waals surface area contributed by atoms with E-state index >= 15 is 0 Å². The van der Waals surface area contributed by atoms with E-state index in [1.165, 1.54) is 0 Å². The van der Waals surface area contributed by atoms with E-state index in [0.29, 0.717) is 78.2 Å². The number of carbonyl (C=O) groups is 1. The molecule has 0 spiro atoms. The molecule has 1 aliphatic rings. The normalized spacial score (nSPS) is 14.7. The molecule has 10 nitrogen and oxygen atoms in total. The minimum Gasteiger partial charge on any atom is -0.463 e. The third kappa shape index (κ3) is 3.87. The summed E-state index contributed by atoms with van der Waals surface area (Å²) in [5, 5.41) is 5.51. The SMILES string of the molecule is Cc1noc2nc(-c3ccco3)cc(C(=O)N3CCN(Cc4nc(N)c5ccccc5n4)CC3)c12. The fourth-order valence-electron chi connectivity index (χ4n) is 4.52. The molecule has 1 amide bonds. The van der Waals surface area contributed by atoms with E-state index < -0.39 is 0 Å². The molecule has 1 aromatic carbocycles. The summed E-state index contributed by atoms with van der Waals surface area (Å²) in [5.41, 5.74) is 8.97. The lowest BCUT2D eigenvalue weighted by atomic mass is 10.1. The summed E-state index contributed by atoms with van der Waals surface area (Å²) in [6.07, 6.45) is 1.57. The average molecular weight is 470 g/mol. The van der Waals surface area contributed by atoms with Crippen LogP contribution in [0.25, 0.3) is 33.5 Å². The molecule has 1 aliphatic heterocycles. The van der Waals surface area contributed by atoms with Crippen molar-refractivity contribution in [1.29, 1.82) is 0 Å². The van der Waals surface area contributed by atoms with Crippen molar-refractivity contribution < 1.29 is 13.7 Å². The van der Waals surface area contributed by atoms with Gasteiger partial charge in [0.25, 0.3) is 11.6 Å². The highest BCUT2D eigenvalue weighted by Gasteiger charge is 2.27. The molecule has 0 unspecified atom stereocenters. The maximum atomic E-state index is 13.6. The van der Waals surface area contributed by atoms with Gasteiger partial charge in [0.05, 0.1) is 35.0 Å². The first-order valence-corrected chi connectivity index (χ1v) is 11.4. The highest BCUT2D eigenvalue weighted by atomic mass is 16.5. The molecule has 35 heavy (non-hydrogen) atoms. The molecule has 4 aromatic heterocycles. The second kappa shape index (κ2) is 8.48. The van der Waals surface area contributed by atoms with Gasteiger partial charge < -0.3 is 19.6 Å². The molecule has 0 radical (unpaired) electrons. The Bertz CT molecular complexity index is 1540. The van der Waals surface area contributed by atoms with Crippen molar-refractivity contribution in [2.24, 2.45) is 0 Å². The van der Waals surface area contributed by atoms with Crippen LogP contribution in [0, 0.1) is 6.92 Å². The highest BCUT2D eigenvalue weighted by molar-refractivity contribution is 6.07. The summed E-state index contributed by atoms with van der Waals surface area (Å²) in [4.78, 5) is 31.3. The summed E-state index contributed by atoms with van der Waals surface area (Å²) in [5.74, 6) is 1.65. The minimum absolute atomic E-state index is 0.0812. The number of piperazine rings is 1. The second-order valence-electron chi connectivity index (χ2n) is 8.59. The lowest BCUT2D eigenvalue weighted by molar-refractivity contribution is 0.0627. The van der Waals surface area contributed by atoms with Gasteiger partial charge in [-0.3, -0.25) is 9.69 Å². The van der Waals surface area contributed by atoms with Gasteiger partial charge in [-0.25, -0.2) is 15.0 Å². The topological polar surface area (TPSA) is 127 Å². The number of nitrogens with two attached hydrogens (primary N) is 1. The molecule has 0 aliphatic carbocycles. The van der Waals surface area contributed by atoms with Crippen LogP contribution in [0.5, 0.6) is 0 Å². The number of rotatable bonds is 4. The number of para-hydroxylation sites is 1. The largest absolute Gasteiger partial charge is 0.463 e. The Morgan fingerprint density at radius 3 is 2.69 bits per heavy atom. The number of nitrogen functional groups attached to an aromatic ring is 1. The third-order valence-corrected chi connectivity index (χ3v) is 6.32. The number of aromatic nitrogens is 4. The lowest BCUT2D eigenvalue weighted by Crippen LogP contribution is -2.48. The van der Waals surface area contributed by atoms with Gasteiger partial charge in [-0.2, -0.15) is 0 Å². The summed E-state index contributed by atoms with van der Waals surface area (Å²) in [7, 11) is 0. The second-order valence-corrected chi connectivity index (χ2v) is 8.59. The molecule has 1 fully saturated rings. The Morgan fingerprint density at radius 1 is 1.06 bits per heavy atom. The molecular weight excluding hydrogens is 446 g/mol. The van der Waals surface area contributed by atoms with Gasteiger partial charge in [-0.1, -0.05) is 17.3 Å². The number of carbonyl (C=O) groups excluding carboxylic acids is 1. The van der Waals surface area contributed by atoms with E-state index in [-0.39, 0.29) is 5.91 Å². The molecule has 0 atom stereocenters. The number of hydrogen-bond donors (Lipinski definition) is 1. The van der Waals surface area contributed by atoms with Crippen LogP contribution in [-0.2, 0) is 6.54 Å². The number of anilines is 1. The van der Waals surface area contributed by atoms with Gasteiger partial charge in [-0.15, -0.1) is 0 Å². The number of furan rings is 1. The lowest BCUT2D eigenvalue weighted by Gasteiger charge is -2.34. The number of benzene rings is 1. The van der Waals surface area contributed by atoms with Crippen LogP contribution in [0.2, 0.25) is 0 Å². The van der Waals surface area contributed by atoms with Crippen molar-refractivity contribution >= 4 is 33.7 Å². The smallest absolute Gasteiger partial charge is 0.259 e. The van der Waals surface area contributed by atoms with Crippen molar-refractivity contribution in [3.05, 3.63) is 65.8 Å². The van der Waals surface area contributed by atoms with Crippen LogP contribution in [0.4, 0.5) is 5.82 Å². The number of amides is 1. The Labute approximate surface area is 200 Å². The van der Waals surface area contributed by atoms with Crippen LogP contribution in [0.3, 0.4) is 0 Å². The van der Waals surface area contributed by atoms with Crippen molar-refractivity contribution in [3.63, 3.8) is 0 Å². The zero-order valence-electron chi connectivity index (χ0n) is 19.1. The molecule has 6 rings (SSSR count). The van der Waals surface area contributed by atoms with E-state index in [2.05, 4.69) is 25.0 Å². The van der Waals surface area contributed by atoms with E-state index in [1.807, 2.05) is 36.1 Å². The average Bonchev–Trinajstić information content (AvgIpc) is 3.54. The van der Waals surface area contributed by atoms with Crippen molar-refractivity contribution in [2.45, 2.75) is 13.5 Å². The van der Waals surface area contributed by atoms with Crippen LogP contribution in [0.1, 0.15) is 21.9 Å². The number of hydrogen-bond acceptors (Lipinski definition) is 9. The van der Waals surface area contributed by atoms with Crippen molar-refractivity contribution in [2.75, 3.05) is 31.9 Å². The summed E-state index contributed by atoms with van der Waals surface area (Å²) in [6, 6.07) is 13.1. The predicted octanol–water partition coefficient (Wildman–Crippen LogP) is 3.27. The monoisotopic (exact) mass is 469 g/mol. The Hall–Kier alpha value is -4.31. The minimum atomic E-state index is -0.0812. The van der Waals surface area contributed by atoms with Gasteiger partial charge in [0, 0.05) is 31.6 Å². The first-order valence-electron chi connectivity index (χ1n) is 11.4. The summed E-state index contributed by atoms with van der Waals surface area (Å²) >= 11 is 0. The first-order chi connectivity index (χ1) is 17.1. The fourth-order valence-corrected chi connectivity index (χ4v) is 4.52. The van der Waals surface area contributed by atoms with Crippen molar-refractivity contribution in [3.8, 4) is 11.5 Å². The van der Waals surface area contributed by atoms with Crippen LogP contribution in [0.15, 0.2) is 57.7 Å². The summed E-state index contributed by atoms with van der Waals surface area (Å²) < 4.78 is 10.9. The van der Waals surface area contributed by atoms with Crippen molar-refractivity contribution in [1.82, 2.24) is 29.9 Å². The van der Waals surface area contributed by atoms with Gasteiger partial charge >= 0.3 is 0 Å². The Kier molecular flexibility index (Phi) is 5.14. The Balaban J connectivity index is 1.21. The molecule has 5 heterocycles. The predicted molar refractivity (Wildman–Crippen MR) is 129 cm³/mol. The van der Waals surface area contributed by atoms with Gasteiger partial charge in [0.1, 0.15) is 17.3 Å². The number of pyridine rings is 1. The Morgan fingerprint density at radius 2 is 1.89 bits per heavy atom. The molecule has 1 saturated heterocycles. The summed E-state index contributed by atoms with van der Waals surface area (Å²) in [6.45, 7) is 4.93. The number of aryl methyl sites for hydroxylation is 1.